The molecule has 2 aromatic heterocycles. The van der Waals surface area contributed by atoms with Crippen molar-refractivity contribution in [1.82, 2.24) is 19.8 Å². The van der Waals surface area contributed by atoms with Crippen molar-refractivity contribution in [3.63, 3.8) is 0 Å². The molecule has 0 radical (unpaired) electrons. The number of piperidine rings is 1. The van der Waals surface area contributed by atoms with Crippen molar-refractivity contribution in [2.24, 2.45) is 5.41 Å². The Kier molecular flexibility index (Phi) is 6.76. The molecule has 0 saturated carbocycles. The van der Waals surface area contributed by atoms with Crippen molar-refractivity contribution in [2.45, 2.75) is 63.8 Å². The zero-order chi connectivity index (χ0) is 23.6. The predicted octanol–water partition coefficient (Wildman–Crippen LogP) is 2.65. The highest BCUT2D eigenvalue weighted by Gasteiger charge is 2.41. The van der Waals surface area contributed by atoms with E-state index in [9.17, 15) is 13.2 Å². The molecular formula is C23H33N5O4S. The molecule has 2 saturated heterocycles. The van der Waals surface area contributed by atoms with Crippen molar-refractivity contribution >= 4 is 21.6 Å². The summed E-state index contributed by atoms with van der Waals surface area (Å²) in [5, 5.41) is 3.72. The molecule has 33 heavy (non-hydrogen) atoms. The molecule has 2 aliphatic rings. The first-order valence-corrected chi connectivity index (χ1v) is 13.1. The highest BCUT2D eigenvalue weighted by atomic mass is 32.2. The number of carbonyl (C=O) groups is 1. The first-order valence-electron chi connectivity index (χ1n) is 11.6. The largest absolute Gasteiger partial charge is 0.371 e. The molecule has 1 atom stereocenters. The van der Waals surface area contributed by atoms with Crippen LogP contribution in [0.25, 0.3) is 0 Å². The summed E-state index contributed by atoms with van der Waals surface area (Å²) in [4.78, 5) is 21.4. The van der Waals surface area contributed by atoms with Gasteiger partial charge in [0.05, 0.1) is 0 Å². The molecule has 2 aliphatic heterocycles. The van der Waals surface area contributed by atoms with Crippen LogP contribution in [0.2, 0.25) is 0 Å². The first-order chi connectivity index (χ1) is 15.7. The van der Waals surface area contributed by atoms with Gasteiger partial charge in [-0.2, -0.15) is 0 Å². The van der Waals surface area contributed by atoms with E-state index in [-0.39, 0.29) is 28.0 Å². The number of likely N-dealkylation sites (tertiary alicyclic amines) is 1. The minimum Gasteiger partial charge on any atom is -0.371 e. The van der Waals surface area contributed by atoms with E-state index in [4.69, 9.17) is 4.52 Å². The highest BCUT2D eigenvalue weighted by Crippen LogP contribution is 2.41. The van der Waals surface area contributed by atoms with E-state index >= 15 is 0 Å². The Morgan fingerprint density at radius 3 is 2.48 bits per heavy atom. The number of sulfonamides is 1. The van der Waals surface area contributed by atoms with E-state index in [0.717, 1.165) is 45.4 Å². The number of aromatic nitrogens is 2. The zero-order valence-electron chi connectivity index (χ0n) is 19.6. The number of hydrogen-bond donors (Lipinski definition) is 1. The molecule has 9 nitrogen and oxygen atoms in total. The fourth-order valence-corrected chi connectivity index (χ4v) is 6.70. The number of aryl methyl sites for hydroxylation is 2. The van der Waals surface area contributed by atoms with Crippen LogP contribution in [-0.4, -0.2) is 61.6 Å². The summed E-state index contributed by atoms with van der Waals surface area (Å²) in [7, 11) is -3.73. The van der Waals surface area contributed by atoms with Crippen LogP contribution < -0.4 is 9.62 Å². The van der Waals surface area contributed by atoms with Crippen molar-refractivity contribution in [2.75, 3.05) is 31.1 Å². The maximum absolute atomic E-state index is 12.8. The van der Waals surface area contributed by atoms with Crippen molar-refractivity contribution in [3.8, 4) is 0 Å². The van der Waals surface area contributed by atoms with E-state index in [0.29, 0.717) is 18.5 Å². The maximum Gasteiger partial charge on any atom is 0.246 e. The van der Waals surface area contributed by atoms with E-state index in [1.165, 1.54) is 5.69 Å². The topological polar surface area (TPSA) is 109 Å². The zero-order valence-corrected chi connectivity index (χ0v) is 20.4. The smallest absolute Gasteiger partial charge is 0.246 e. The summed E-state index contributed by atoms with van der Waals surface area (Å²) in [5.41, 5.74) is 1.82. The first kappa shape index (κ1) is 23.7. The van der Waals surface area contributed by atoms with Crippen LogP contribution in [0, 0.1) is 19.3 Å². The summed E-state index contributed by atoms with van der Waals surface area (Å²) in [6, 6.07) is 3.74. The number of carbonyl (C=O) groups excluding carboxylic acids is 1. The lowest BCUT2D eigenvalue weighted by Gasteiger charge is -2.39. The van der Waals surface area contributed by atoms with Crippen molar-refractivity contribution in [1.29, 1.82) is 0 Å². The van der Waals surface area contributed by atoms with Gasteiger partial charge in [-0.1, -0.05) is 5.16 Å². The molecule has 180 valence electrons. The van der Waals surface area contributed by atoms with Crippen LogP contribution in [-0.2, 0) is 14.8 Å². The predicted molar refractivity (Wildman–Crippen MR) is 124 cm³/mol. The Bertz CT molecular complexity index is 1060. The van der Waals surface area contributed by atoms with Gasteiger partial charge in [-0.3, -0.25) is 9.78 Å². The van der Waals surface area contributed by atoms with E-state index in [2.05, 4.69) is 31.9 Å². The van der Waals surface area contributed by atoms with Gasteiger partial charge in [0.15, 0.2) is 5.76 Å². The van der Waals surface area contributed by atoms with Crippen LogP contribution >= 0.6 is 0 Å². The molecule has 2 fully saturated rings. The van der Waals surface area contributed by atoms with Gasteiger partial charge in [-0.05, 0) is 64.0 Å². The van der Waals surface area contributed by atoms with Gasteiger partial charge in [-0.25, -0.2) is 13.1 Å². The van der Waals surface area contributed by atoms with Crippen molar-refractivity contribution < 1.29 is 17.7 Å². The third-order valence-electron chi connectivity index (χ3n) is 7.03. The minimum atomic E-state index is -3.73. The van der Waals surface area contributed by atoms with Gasteiger partial charge >= 0.3 is 0 Å². The Morgan fingerprint density at radius 2 is 1.85 bits per heavy atom. The van der Waals surface area contributed by atoms with E-state index < -0.39 is 10.0 Å². The van der Waals surface area contributed by atoms with Gasteiger partial charge in [0, 0.05) is 56.7 Å². The fraction of sp³-hybridized carbons (Fsp3) is 0.609. The van der Waals surface area contributed by atoms with Crippen LogP contribution in [0.15, 0.2) is 33.9 Å². The summed E-state index contributed by atoms with van der Waals surface area (Å²) in [5.74, 6) is 0.358. The molecular weight excluding hydrogens is 442 g/mol. The fourth-order valence-electron chi connectivity index (χ4n) is 5.09. The molecule has 0 aromatic carbocycles. The second-order valence-electron chi connectivity index (χ2n) is 9.47. The molecule has 1 N–H and O–H groups in total. The summed E-state index contributed by atoms with van der Waals surface area (Å²) >= 11 is 0. The molecule has 1 spiro atoms. The second-order valence-corrected chi connectivity index (χ2v) is 11.1. The molecule has 4 rings (SSSR count). The molecule has 0 unspecified atom stereocenters. The van der Waals surface area contributed by atoms with Gasteiger partial charge < -0.3 is 14.3 Å². The molecule has 0 bridgehead atoms. The van der Waals surface area contributed by atoms with Crippen molar-refractivity contribution in [3.05, 3.63) is 36.0 Å². The summed E-state index contributed by atoms with van der Waals surface area (Å²) in [6.07, 6.45) is 7.59. The van der Waals surface area contributed by atoms with Gasteiger partial charge in [-0.15, -0.1) is 0 Å². The number of anilines is 1. The Balaban J connectivity index is 1.24. The van der Waals surface area contributed by atoms with E-state index in [1.54, 1.807) is 20.8 Å². The SMILES string of the molecule is Cc1noc(C)c1S(=O)(=O)N[C@H](C)CCC(=O)N1CCC2(CC1)CCN(c1ccncc1)C2. The van der Waals surface area contributed by atoms with Gasteiger partial charge in [0.25, 0.3) is 0 Å². The number of rotatable bonds is 7. The lowest BCUT2D eigenvalue weighted by molar-refractivity contribution is -0.133. The third kappa shape index (κ3) is 5.22. The lowest BCUT2D eigenvalue weighted by Crippen LogP contribution is -2.44. The standard InChI is InChI=1S/C23H33N5O4S/c1-17(26-33(30,31)22-18(2)25-32-19(22)3)4-5-21(29)27-13-8-23(9-14-27)10-15-28(16-23)20-6-11-24-12-7-20/h6-7,11-12,17,26H,4-5,8-10,13-16H2,1-3H3/t17-/m1/s1. The van der Waals surface area contributed by atoms with Crippen LogP contribution in [0.3, 0.4) is 0 Å². The molecule has 1 amide bonds. The Hall–Kier alpha value is -2.46. The Morgan fingerprint density at radius 1 is 1.18 bits per heavy atom. The Labute approximate surface area is 195 Å². The van der Waals surface area contributed by atoms with Gasteiger partial charge in [0.2, 0.25) is 15.9 Å². The summed E-state index contributed by atoms with van der Waals surface area (Å²) in [6.45, 7) is 8.56. The molecule has 4 heterocycles. The molecule has 10 heteroatoms. The second kappa shape index (κ2) is 9.42. The lowest BCUT2D eigenvalue weighted by atomic mass is 9.77. The number of nitrogens with zero attached hydrogens (tertiary/aromatic N) is 4. The number of amides is 1. The van der Waals surface area contributed by atoms with Crippen LogP contribution in [0.4, 0.5) is 5.69 Å². The number of nitrogens with one attached hydrogen (secondary N) is 1. The molecule has 0 aliphatic carbocycles. The minimum absolute atomic E-state index is 0.0828. The highest BCUT2D eigenvalue weighted by molar-refractivity contribution is 7.89. The molecule has 2 aromatic rings. The quantitative estimate of drug-likeness (QED) is 0.656. The monoisotopic (exact) mass is 475 g/mol. The number of hydrogen-bond acceptors (Lipinski definition) is 7. The normalized spacial score (nSPS) is 19.2. The van der Waals surface area contributed by atoms with Crippen LogP contribution in [0.1, 0.15) is 50.5 Å². The van der Waals surface area contributed by atoms with Gasteiger partial charge in [0.1, 0.15) is 10.6 Å². The average molecular weight is 476 g/mol. The maximum atomic E-state index is 12.8. The average Bonchev–Trinajstić information content (AvgIpc) is 3.36. The third-order valence-corrected chi connectivity index (χ3v) is 8.86. The summed E-state index contributed by atoms with van der Waals surface area (Å²) < 4.78 is 32.9. The van der Waals surface area contributed by atoms with E-state index in [1.807, 2.05) is 17.3 Å². The number of pyridine rings is 1. The van der Waals surface area contributed by atoms with Crippen LogP contribution in [0.5, 0.6) is 0 Å².